The van der Waals surface area contributed by atoms with Crippen molar-refractivity contribution in [2.45, 2.75) is 33.4 Å². The Kier molecular flexibility index (Phi) is 10.2. The summed E-state index contributed by atoms with van der Waals surface area (Å²) in [4.78, 5) is 10.6. The first-order valence-corrected chi connectivity index (χ1v) is 11.4. The van der Waals surface area contributed by atoms with Gasteiger partial charge in [-0.05, 0) is 25.8 Å². The Morgan fingerprint density at radius 1 is 0.964 bits per heavy atom. The largest absolute Gasteiger partial charge is 2.00 e. The van der Waals surface area contributed by atoms with Crippen molar-refractivity contribution in [1.29, 1.82) is 0 Å². The number of hydrogen-bond donors (Lipinski definition) is 0. The van der Waals surface area contributed by atoms with Crippen LogP contribution in [-0.4, -0.2) is 15.4 Å². The summed E-state index contributed by atoms with van der Waals surface area (Å²) in [7, 11) is 0.750. The van der Waals surface area contributed by atoms with Crippen molar-refractivity contribution in [2.24, 2.45) is 0 Å². The zero-order valence-corrected chi connectivity index (χ0v) is 19.7. The summed E-state index contributed by atoms with van der Waals surface area (Å²) in [5.41, 5.74) is 14.9. The Morgan fingerprint density at radius 3 is 2.14 bits per heavy atom. The molecule has 3 aromatic carbocycles. The predicted octanol–water partition coefficient (Wildman–Crippen LogP) is 6.07. The van der Waals surface area contributed by atoms with Gasteiger partial charge in [-0.25, -0.2) is 0 Å². The van der Waals surface area contributed by atoms with Gasteiger partial charge in [-0.1, -0.05) is 77.8 Å². The molecule has 0 fully saturated rings. The molecule has 4 heteroatoms. The number of nitrogens with one attached hydrogen (secondary N) is 1. The summed E-state index contributed by atoms with van der Waals surface area (Å²) < 4.78 is 0. The van der Waals surface area contributed by atoms with Gasteiger partial charge in [0.2, 0.25) is 0 Å². The summed E-state index contributed by atoms with van der Waals surface area (Å²) >= 11 is 0. The maximum Gasteiger partial charge on any atom is 2.00 e. The SMILES string of the molecule is C[SiH]C.Cc1cc(C)cc(C([NH-])=O)c1.[Ti+2].[c-]1cccc2c1Cc1ccccc1-2. The van der Waals surface area contributed by atoms with Gasteiger partial charge in [0.1, 0.15) is 0 Å². The average Bonchev–Trinajstić information content (AvgIpc) is 3.01. The van der Waals surface area contributed by atoms with Gasteiger partial charge in [0.15, 0.2) is 0 Å². The molecule has 1 N–H and O–H groups in total. The fourth-order valence-electron chi connectivity index (χ4n) is 3.10. The minimum absolute atomic E-state index is 0. The molecule has 1 radical (unpaired) electrons. The van der Waals surface area contributed by atoms with Crippen molar-refractivity contribution in [3.05, 3.63) is 100 Å². The number of carbonyl (C=O) groups is 1. The second-order valence-electron chi connectivity index (χ2n) is 6.68. The van der Waals surface area contributed by atoms with Crippen LogP contribution in [0.25, 0.3) is 16.9 Å². The predicted molar refractivity (Wildman–Crippen MR) is 117 cm³/mol. The summed E-state index contributed by atoms with van der Waals surface area (Å²) in [5, 5.41) is 0. The molecule has 0 unspecified atom stereocenters. The van der Waals surface area contributed by atoms with Crippen molar-refractivity contribution in [3.8, 4) is 11.1 Å². The van der Waals surface area contributed by atoms with Crippen LogP contribution in [0.2, 0.25) is 13.1 Å². The number of aryl methyl sites for hydroxylation is 2. The van der Waals surface area contributed by atoms with E-state index in [-0.39, 0.29) is 21.7 Å². The van der Waals surface area contributed by atoms with Crippen LogP contribution in [-0.2, 0) is 28.1 Å². The molecule has 1 amide bonds. The molecule has 0 saturated carbocycles. The summed E-state index contributed by atoms with van der Waals surface area (Å²) in [6.45, 7) is 8.25. The zero-order chi connectivity index (χ0) is 19.8. The van der Waals surface area contributed by atoms with Crippen LogP contribution in [0.15, 0.2) is 60.7 Å². The van der Waals surface area contributed by atoms with Crippen molar-refractivity contribution < 1.29 is 26.5 Å². The fourth-order valence-corrected chi connectivity index (χ4v) is 3.10. The minimum atomic E-state index is -0.614. The van der Waals surface area contributed by atoms with Gasteiger partial charge in [-0.3, -0.25) is 0 Å². The number of rotatable bonds is 1. The topological polar surface area (TPSA) is 40.9 Å². The maximum absolute atomic E-state index is 10.6. The molecule has 0 heterocycles. The number of fused-ring (bicyclic) bond motifs is 3. The first kappa shape index (κ1) is 24.1. The van der Waals surface area contributed by atoms with Gasteiger partial charge in [-0.2, -0.15) is 29.8 Å². The Labute approximate surface area is 186 Å². The van der Waals surface area contributed by atoms with E-state index >= 15 is 0 Å². The smallest absolute Gasteiger partial charge is 0.664 e. The molecule has 0 aliphatic heterocycles. The van der Waals surface area contributed by atoms with Crippen LogP contribution < -0.4 is 0 Å². The molecule has 141 valence electrons. The summed E-state index contributed by atoms with van der Waals surface area (Å²) in [5.74, 6) is -0.614. The van der Waals surface area contributed by atoms with Gasteiger partial charge >= 0.3 is 21.7 Å². The van der Waals surface area contributed by atoms with E-state index in [4.69, 9.17) is 5.73 Å². The monoisotopic (exact) mass is 420 g/mol. The maximum atomic E-state index is 10.6. The van der Waals surface area contributed by atoms with Gasteiger partial charge in [0.05, 0.1) is 5.91 Å². The van der Waals surface area contributed by atoms with Crippen molar-refractivity contribution in [2.75, 3.05) is 0 Å². The van der Waals surface area contributed by atoms with E-state index in [1.54, 1.807) is 12.1 Å². The molecule has 28 heavy (non-hydrogen) atoms. The summed E-state index contributed by atoms with van der Waals surface area (Å²) in [6.07, 6.45) is 1.05. The average molecular weight is 420 g/mol. The van der Waals surface area contributed by atoms with Gasteiger partial charge in [0, 0.05) is 9.52 Å². The third-order valence-corrected chi connectivity index (χ3v) is 4.10. The molecular formula is C24H26NOSiTi. The van der Waals surface area contributed by atoms with Crippen LogP contribution in [0.5, 0.6) is 0 Å². The third kappa shape index (κ3) is 6.59. The Bertz CT molecular complexity index is 860. The molecule has 0 aromatic heterocycles. The first-order valence-electron chi connectivity index (χ1n) is 9.12. The van der Waals surface area contributed by atoms with E-state index in [0.717, 1.165) is 27.1 Å². The van der Waals surface area contributed by atoms with E-state index in [9.17, 15) is 4.79 Å². The minimum Gasteiger partial charge on any atom is -0.664 e. The number of hydrogen-bond acceptors (Lipinski definition) is 1. The molecule has 0 spiro atoms. The van der Waals surface area contributed by atoms with Gasteiger partial charge in [0.25, 0.3) is 0 Å². The third-order valence-electron chi connectivity index (χ3n) is 4.10. The molecule has 0 atom stereocenters. The van der Waals surface area contributed by atoms with Crippen LogP contribution >= 0.6 is 0 Å². The molecule has 4 rings (SSSR count). The quantitative estimate of drug-likeness (QED) is 0.272. The van der Waals surface area contributed by atoms with E-state index in [0.29, 0.717) is 5.56 Å². The molecule has 1 aliphatic carbocycles. The molecule has 2 nitrogen and oxygen atoms in total. The molecule has 3 aromatic rings. The molecule has 0 saturated heterocycles. The van der Waals surface area contributed by atoms with E-state index in [1.807, 2.05) is 26.0 Å². The molecule has 1 aliphatic rings. The second kappa shape index (κ2) is 11.8. The normalized spacial score (nSPS) is 10.1. The number of benzene rings is 3. The molecular weight excluding hydrogens is 394 g/mol. The summed E-state index contributed by atoms with van der Waals surface area (Å²) in [6, 6.07) is 23.5. The fraction of sp³-hybridized carbons (Fsp3) is 0.208. The van der Waals surface area contributed by atoms with E-state index in [2.05, 4.69) is 55.6 Å². The Balaban J connectivity index is 0.000000242. The van der Waals surface area contributed by atoms with Crippen molar-refractivity contribution in [3.63, 3.8) is 0 Å². The van der Waals surface area contributed by atoms with Crippen LogP contribution in [0.3, 0.4) is 0 Å². The Hall–Kier alpha value is -1.94. The van der Waals surface area contributed by atoms with Crippen LogP contribution in [0.4, 0.5) is 0 Å². The van der Waals surface area contributed by atoms with E-state index < -0.39 is 5.91 Å². The van der Waals surface area contributed by atoms with Crippen molar-refractivity contribution >= 4 is 15.4 Å². The van der Waals surface area contributed by atoms with Crippen LogP contribution in [0, 0.1) is 19.9 Å². The second-order valence-corrected chi connectivity index (χ2v) is 7.83. The standard InChI is InChI=1S/C13H9.C9H11NO.C2H7Si.Ti/c1-3-7-12-10(5-1)9-11-6-2-4-8-13(11)12;1-6-3-7(2)5-8(4-6)9(10)11;1-3-2;/h1-5,7-8H,9H2;3-5H,1-2H3,(H2,10,11);3H,1-2H3;/q-1;;;+2/p-1. The Morgan fingerprint density at radius 2 is 1.54 bits per heavy atom. The van der Waals surface area contributed by atoms with Gasteiger partial charge in [-0.15, -0.1) is 5.56 Å². The first-order chi connectivity index (χ1) is 13.0. The van der Waals surface area contributed by atoms with Crippen LogP contribution in [0.1, 0.15) is 32.6 Å². The number of carbonyl (C=O) groups excluding carboxylic acids is 1. The van der Waals surface area contributed by atoms with E-state index in [1.165, 1.54) is 22.3 Å². The zero-order valence-electron chi connectivity index (χ0n) is 17.0. The van der Waals surface area contributed by atoms with Crippen molar-refractivity contribution in [1.82, 2.24) is 0 Å². The van der Waals surface area contributed by atoms with Gasteiger partial charge < -0.3 is 10.5 Å². The molecule has 0 bridgehead atoms. The number of amides is 1.